The molecule has 0 saturated carbocycles. The molecule has 2 N–H and O–H groups in total. The van der Waals surface area contributed by atoms with Gasteiger partial charge in [-0.05, 0) is 35.7 Å². The van der Waals surface area contributed by atoms with Gasteiger partial charge in [0.25, 0.3) is 5.56 Å². The highest BCUT2D eigenvalue weighted by molar-refractivity contribution is 5.92. The number of aromatic nitrogens is 2. The summed E-state index contributed by atoms with van der Waals surface area (Å²) in [7, 11) is 1.76. The Labute approximate surface area is 174 Å². The van der Waals surface area contributed by atoms with Gasteiger partial charge in [-0.15, -0.1) is 0 Å². The molecule has 0 spiro atoms. The number of hydrogen-bond donors (Lipinski definition) is 2. The van der Waals surface area contributed by atoms with Crippen LogP contribution in [0.5, 0.6) is 0 Å². The first kappa shape index (κ1) is 19.5. The summed E-state index contributed by atoms with van der Waals surface area (Å²) in [5.41, 5.74) is 3.62. The molecule has 0 aliphatic carbocycles. The number of carbonyl (C=O) groups is 1. The molecule has 4 rings (SSSR count). The summed E-state index contributed by atoms with van der Waals surface area (Å²) < 4.78 is 3.55. The van der Waals surface area contributed by atoms with Gasteiger partial charge in [0, 0.05) is 19.3 Å². The topological polar surface area (TPSA) is 68.1 Å². The zero-order valence-electron chi connectivity index (χ0n) is 16.8. The predicted octanol–water partition coefficient (Wildman–Crippen LogP) is 3.75. The van der Waals surface area contributed by atoms with E-state index in [1.54, 1.807) is 17.8 Å². The van der Waals surface area contributed by atoms with Crippen molar-refractivity contribution < 1.29 is 4.79 Å². The minimum absolute atomic E-state index is 0.0888. The SMILES string of the molecule is Cn1c(=O)c2cc(NC(=O)NCCc3ccccc3)ccc2n1Cc1ccccc1. The van der Waals surface area contributed by atoms with E-state index < -0.39 is 0 Å². The van der Waals surface area contributed by atoms with Gasteiger partial charge >= 0.3 is 6.03 Å². The zero-order chi connectivity index (χ0) is 20.9. The maximum absolute atomic E-state index is 12.7. The number of carbonyl (C=O) groups excluding carboxylic acids is 1. The number of rotatable bonds is 6. The normalized spacial score (nSPS) is 10.8. The third-order valence-electron chi connectivity index (χ3n) is 5.14. The fourth-order valence-corrected chi connectivity index (χ4v) is 3.54. The summed E-state index contributed by atoms with van der Waals surface area (Å²) in [4.78, 5) is 24.9. The molecule has 0 radical (unpaired) electrons. The summed E-state index contributed by atoms with van der Waals surface area (Å²) in [6.45, 7) is 1.14. The van der Waals surface area contributed by atoms with E-state index in [9.17, 15) is 9.59 Å². The van der Waals surface area contributed by atoms with E-state index in [1.165, 1.54) is 5.56 Å². The van der Waals surface area contributed by atoms with Crippen LogP contribution in [0.4, 0.5) is 10.5 Å². The lowest BCUT2D eigenvalue weighted by Crippen LogP contribution is -2.30. The predicted molar refractivity (Wildman–Crippen MR) is 120 cm³/mol. The fraction of sp³-hybridized carbons (Fsp3) is 0.167. The molecule has 152 valence electrons. The molecule has 30 heavy (non-hydrogen) atoms. The van der Waals surface area contributed by atoms with Crippen molar-refractivity contribution in [3.05, 3.63) is 100 Å². The molecular weight excluding hydrogens is 376 g/mol. The Morgan fingerprint density at radius 1 is 0.900 bits per heavy atom. The highest BCUT2D eigenvalue weighted by Crippen LogP contribution is 2.18. The lowest BCUT2D eigenvalue weighted by Gasteiger charge is -2.10. The van der Waals surface area contributed by atoms with Crippen LogP contribution in [0.2, 0.25) is 0 Å². The van der Waals surface area contributed by atoms with E-state index in [0.29, 0.717) is 24.2 Å². The first-order valence-corrected chi connectivity index (χ1v) is 9.94. The number of fused-ring (bicyclic) bond motifs is 1. The van der Waals surface area contributed by atoms with Gasteiger partial charge in [0.15, 0.2) is 0 Å². The summed E-state index contributed by atoms with van der Waals surface area (Å²) in [6.07, 6.45) is 0.760. The van der Waals surface area contributed by atoms with E-state index in [2.05, 4.69) is 10.6 Å². The van der Waals surface area contributed by atoms with Gasteiger partial charge < -0.3 is 10.6 Å². The van der Waals surface area contributed by atoms with Crippen molar-refractivity contribution in [2.45, 2.75) is 13.0 Å². The lowest BCUT2D eigenvalue weighted by molar-refractivity contribution is 0.252. The van der Waals surface area contributed by atoms with Gasteiger partial charge in [-0.2, -0.15) is 0 Å². The van der Waals surface area contributed by atoms with Crippen molar-refractivity contribution >= 4 is 22.6 Å². The van der Waals surface area contributed by atoms with Gasteiger partial charge in [-0.1, -0.05) is 60.7 Å². The van der Waals surface area contributed by atoms with Crippen molar-refractivity contribution in [1.29, 1.82) is 0 Å². The van der Waals surface area contributed by atoms with E-state index >= 15 is 0 Å². The molecule has 6 nitrogen and oxygen atoms in total. The van der Waals surface area contributed by atoms with Crippen molar-refractivity contribution in [3.8, 4) is 0 Å². The summed E-state index contributed by atoms with van der Waals surface area (Å²) in [5.74, 6) is 0. The monoisotopic (exact) mass is 400 g/mol. The minimum atomic E-state index is -0.286. The lowest BCUT2D eigenvalue weighted by atomic mass is 10.1. The summed E-state index contributed by atoms with van der Waals surface area (Å²) in [6, 6.07) is 25.1. The van der Waals surface area contributed by atoms with E-state index in [-0.39, 0.29) is 11.6 Å². The molecule has 3 aromatic carbocycles. The molecule has 0 bridgehead atoms. The van der Waals surface area contributed by atoms with Gasteiger partial charge in [-0.25, -0.2) is 4.79 Å². The van der Waals surface area contributed by atoms with Crippen LogP contribution in [-0.4, -0.2) is 21.9 Å². The van der Waals surface area contributed by atoms with Crippen LogP contribution in [0.3, 0.4) is 0 Å². The third kappa shape index (κ3) is 4.27. The number of nitrogens with one attached hydrogen (secondary N) is 2. The molecule has 0 unspecified atom stereocenters. The molecule has 1 aromatic heterocycles. The fourth-order valence-electron chi connectivity index (χ4n) is 3.54. The molecule has 0 fully saturated rings. The van der Waals surface area contributed by atoms with Gasteiger partial charge in [0.05, 0.1) is 17.4 Å². The Kier molecular flexibility index (Phi) is 5.66. The third-order valence-corrected chi connectivity index (χ3v) is 5.14. The van der Waals surface area contributed by atoms with Crippen LogP contribution < -0.4 is 16.2 Å². The average Bonchev–Trinajstić information content (AvgIpc) is 3.00. The van der Waals surface area contributed by atoms with E-state index in [0.717, 1.165) is 17.5 Å². The van der Waals surface area contributed by atoms with E-state index in [4.69, 9.17) is 0 Å². The van der Waals surface area contributed by atoms with Crippen molar-refractivity contribution in [3.63, 3.8) is 0 Å². The Morgan fingerprint density at radius 3 is 2.27 bits per heavy atom. The first-order chi connectivity index (χ1) is 14.6. The smallest absolute Gasteiger partial charge is 0.319 e. The molecule has 0 aliphatic rings. The summed E-state index contributed by atoms with van der Waals surface area (Å²) >= 11 is 0. The van der Waals surface area contributed by atoms with Crippen LogP contribution in [0, 0.1) is 0 Å². The highest BCUT2D eigenvalue weighted by Gasteiger charge is 2.12. The highest BCUT2D eigenvalue weighted by atomic mass is 16.2. The Balaban J connectivity index is 1.46. The summed E-state index contributed by atoms with van der Waals surface area (Å²) in [5, 5.41) is 6.25. The standard InChI is InChI=1S/C24H24N4O2/c1-27-23(29)21-16-20(26-24(30)25-15-14-18-8-4-2-5-9-18)12-13-22(21)28(27)17-19-10-6-3-7-11-19/h2-13,16H,14-15,17H2,1H3,(H2,25,26,30). The van der Waals surface area contributed by atoms with Gasteiger partial charge in [-0.3, -0.25) is 14.2 Å². The average molecular weight is 400 g/mol. The second kappa shape index (κ2) is 8.69. The van der Waals surface area contributed by atoms with Crippen LogP contribution >= 0.6 is 0 Å². The van der Waals surface area contributed by atoms with Crippen LogP contribution in [0.25, 0.3) is 10.9 Å². The Hall–Kier alpha value is -3.80. The number of benzene rings is 3. The quantitative estimate of drug-likeness (QED) is 0.518. The minimum Gasteiger partial charge on any atom is -0.338 e. The second-order valence-corrected chi connectivity index (χ2v) is 7.22. The molecule has 6 heteroatoms. The zero-order valence-corrected chi connectivity index (χ0v) is 16.8. The number of urea groups is 1. The maximum Gasteiger partial charge on any atom is 0.319 e. The van der Waals surface area contributed by atoms with Crippen LogP contribution in [0.15, 0.2) is 83.7 Å². The molecule has 1 heterocycles. The number of anilines is 1. The first-order valence-electron chi connectivity index (χ1n) is 9.94. The molecule has 0 aliphatic heterocycles. The molecule has 0 saturated heterocycles. The van der Waals surface area contributed by atoms with E-state index in [1.807, 2.05) is 77.5 Å². The van der Waals surface area contributed by atoms with Crippen LogP contribution in [-0.2, 0) is 20.0 Å². The van der Waals surface area contributed by atoms with Gasteiger partial charge in [0.1, 0.15) is 0 Å². The molecule has 0 atom stereocenters. The number of amides is 2. The number of nitrogens with zero attached hydrogens (tertiary/aromatic N) is 2. The molecular formula is C24H24N4O2. The molecule has 4 aromatic rings. The maximum atomic E-state index is 12.7. The number of hydrogen-bond acceptors (Lipinski definition) is 2. The van der Waals surface area contributed by atoms with Gasteiger partial charge in [0.2, 0.25) is 0 Å². The van der Waals surface area contributed by atoms with Crippen molar-refractivity contribution in [2.75, 3.05) is 11.9 Å². The Bertz CT molecular complexity index is 1210. The van der Waals surface area contributed by atoms with Crippen LogP contribution in [0.1, 0.15) is 11.1 Å². The van der Waals surface area contributed by atoms with Crippen molar-refractivity contribution in [1.82, 2.24) is 14.7 Å². The largest absolute Gasteiger partial charge is 0.338 e. The van der Waals surface area contributed by atoms with Crippen molar-refractivity contribution in [2.24, 2.45) is 7.05 Å². The molecule has 2 amide bonds. The Morgan fingerprint density at radius 2 is 1.57 bits per heavy atom. The second-order valence-electron chi connectivity index (χ2n) is 7.22.